The van der Waals surface area contributed by atoms with Crippen LogP contribution in [0.2, 0.25) is 0 Å². The van der Waals surface area contributed by atoms with Crippen LogP contribution in [0.1, 0.15) is 57.1 Å². The van der Waals surface area contributed by atoms with Crippen molar-refractivity contribution in [1.82, 2.24) is 5.06 Å². The molecule has 3 aliphatic rings. The molecule has 3 aliphatic heterocycles. The van der Waals surface area contributed by atoms with E-state index in [4.69, 9.17) is 80.6 Å². The fourth-order valence-electron chi connectivity index (χ4n) is 10.4. The highest BCUT2D eigenvalue weighted by Gasteiger charge is 2.46. The minimum Gasteiger partial charge on any atom is -0.382 e. The summed E-state index contributed by atoms with van der Waals surface area (Å²) in [5.74, 6) is -1.75. The average molecular weight is 1270 g/mol. The van der Waals surface area contributed by atoms with Crippen LogP contribution in [0.15, 0.2) is 96.8 Å². The van der Waals surface area contributed by atoms with Crippen molar-refractivity contribution in [2.45, 2.75) is 62.8 Å². The molecule has 23 nitrogen and oxygen atoms in total. The third kappa shape index (κ3) is 27.7. The van der Waals surface area contributed by atoms with Crippen LogP contribution >= 0.6 is 0 Å². The summed E-state index contributed by atoms with van der Waals surface area (Å²) in [6.45, 7) is 19.4. The van der Waals surface area contributed by atoms with E-state index >= 15 is 0 Å². The zero-order valence-electron chi connectivity index (χ0n) is 54.2. The summed E-state index contributed by atoms with van der Waals surface area (Å²) in [6.07, 6.45) is 16.5. The zero-order valence-corrected chi connectivity index (χ0v) is 54.2. The van der Waals surface area contributed by atoms with Gasteiger partial charge in [0.1, 0.15) is 0 Å². The van der Waals surface area contributed by atoms with E-state index in [0.29, 0.717) is 197 Å². The second-order valence-corrected chi connectivity index (χ2v) is 21.5. The van der Waals surface area contributed by atoms with E-state index in [1.807, 2.05) is 0 Å². The Morgan fingerprint density at radius 3 is 1.33 bits per heavy atom. The fourth-order valence-corrected chi connectivity index (χ4v) is 10.4. The number of nitrogens with zero attached hydrogens (tertiary/aromatic N) is 3. The maximum absolute atomic E-state index is 12.0. The van der Waals surface area contributed by atoms with E-state index in [2.05, 4.69) is 115 Å². The number of hydroxylamine groups is 2. The SMILES string of the molecule is COCCOCCOCCOCCN1c2ccccc2C(C)(CCOCCOCCOCCOC)C1/C=C/C=C/C=C/C=C1/N(CCOCCOCCOCCOCCC(=O)ON2C(=O)CCC2=O)c2ccccc2C1(C)CCOCCOCCOCCOC. The van der Waals surface area contributed by atoms with E-state index in [-0.39, 0.29) is 49.3 Å². The lowest BCUT2D eigenvalue weighted by molar-refractivity contribution is -0.198. The molecule has 2 aromatic rings. The van der Waals surface area contributed by atoms with E-state index in [1.54, 1.807) is 21.3 Å². The predicted molar refractivity (Wildman–Crippen MR) is 339 cm³/mol. The first kappa shape index (κ1) is 75.7. The van der Waals surface area contributed by atoms with Gasteiger partial charge in [0.25, 0.3) is 11.8 Å². The van der Waals surface area contributed by atoms with Gasteiger partial charge in [-0.25, -0.2) is 4.79 Å². The topological polar surface area (TPSA) is 218 Å². The van der Waals surface area contributed by atoms with Crippen LogP contribution in [0.5, 0.6) is 0 Å². The van der Waals surface area contributed by atoms with Crippen molar-refractivity contribution in [3.05, 3.63) is 108 Å². The largest absolute Gasteiger partial charge is 0.382 e. The summed E-state index contributed by atoms with van der Waals surface area (Å²) in [7, 11) is 4.96. The molecular formula is C67H103N3O20. The number of benzene rings is 2. The van der Waals surface area contributed by atoms with Crippen molar-refractivity contribution in [2.24, 2.45) is 0 Å². The molecule has 0 spiro atoms. The fraction of sp³-hybridized carbons (Fsp3) is 0.657. The van der Waals surface area contributed by atoms with Crippen molar-refractivity contribution in [3.63, 3.8) is 0 Å². The lowest BCUT2D eigenvalue weighted by atomic mass is 9.75. The maximum atomic E-state index is 12.0. The number of anilines is 2. The number of fused-ring (bicyclic) bond motifs is 2. The minimum absolute atomic E-state index is 0.0172. The Morgan fingerprint density at radius 2 is 0.833 bits per heavy atom. The van der Waals surface area contributed by atoms with Crippen molar-refractivity contribution < 1.29 is 95.0 Å². The Balaban J connectivity index is 1.18. The molecule has 23 heteroatoms. The molecule has 1 saturated heterocycles. The van der Waals surface area contributed by atoms with Crippen LogP contribution in [-0.4, -0.2) is 255 Å². The van der Waals surface area contributed by atoms with Gasteiger partial charge < -0.3 is 90.4 Å². The van der Waals surface area contributed by atoms with Crippen molar-refractivity contribution in [2.75, 3.05) is 236 Å². The van der Waals surface area contributed by atoms with Gasteiger partial charge >= 0.3 is 5.97 Å². The van der Waals surface area contributed by atoms with Crippen LogP contribution in [0, 0.1) is 0 Å². The van der Waals surface area contributed by atoms with E-state index in [0.717, 1.165) is 24.2 Å². The zero-order chi connectivity index (χ0) is 64.0. The number of amides is 2. The Hall–Kier alpha value is -5.03. The minimum atomic E-state index is -0.709. The molecule has 90 heavy (non-hydrogen) atoms. The van der Waals surface area contributed by atoms with Gasteiger partial charge in [-0.3, -0.25) is 9.59 Å². The monoisotopic (exact) mass is 1270 g/mol. The van der Waals surface area contributed by atoms with Crippen molar-refractivity contribution in [3.8, 4) is 0 Å². The molecule has 2 aromatic carbocycles. The average Bonchev–Trinajstić information content (AvgIpc) is 1.61. The number of rotatable bonds is 56. The number of hydrogen-bond donors (Lipinski definition) is 0. The molecule has 0 aromatic heterocycles. The first-order valence-corrected chi connectivity index (χ1v) is 31.7. The van der Waals surface area contributed by atoms with Crippen LogP contribution in [-0.2, 0) is 106 Å². The molecular weight excluding hydrogens is 1170 g/mol. The second-order valence-electron chi connectivity index (χ2n) is 21.5. The lowest BCUT2D eigenvalue weighted by Crippen LogP contribution is -2.44. The molecule has 506 valence electrons. The summed E-state index contributed by atoms with van der Waals surface area (Å²) >= 11 is 0. The summed E-state index contributed by atoms with van der Waals surface area (Å²) in [5.41, 5.74) is 5.34. The number of allylic oxidation sites excluding steroid dienone is 7. The summed E-state index contributed by atoms with van der Waals surface area (Å²) < 4.78 is 90.5. The third-order valence-electron chi connectivity index (χ3n) is 15.2. The second kappa shape index (κ2) is 46.9. The highest BCUT2D eigenvalue weighted by atomic mass is 16.7. The lowest BCUT2D eigenvalue weighted by Gasteiger charge is -2.35. The Bertz CT molecular complexity index is 2380. The number of carbonyl (C=O) groups is 3. The number of hydrogen-bond acceptors (Lipinski definition) is 22. The van der Waals surface area contributed by atoms with Crippen LogP contribution in [0.3, 0.4) is 0 Å². The standard InChI is InChI=1S/C67H103N3O20/c1-66(24-29-78-40-45-86-52-49-82-36-33-74-3)57-15-11-13-17-59(57)68(26-31-80-42-47-88-54-51-84-38-35-76-5)61(66)19-9-7-6-8-10-20-62-67(2,25-30-79-41-46-87-53-50-83-37-34-75-4)58-16-12-14-18-60(58)69(62)27-32-81-43-48-89-56-55-85-44-39-77-28-23-65(73)90-70-63(71)21-22-64(70)72/h6-20,61H,21-56H2,1-5H3/b7-6+,10-8+,19-9+,62-20+. The normalized spacial score (nSPS) is 18.7. The molecule has 0 N–H and O–H groups in total. The van der Waals surface area contributed by atoms with Gasteiger partial charge in [-0.15, -0.1) is 5.06 Å². The smallest absolute Gasteiger partial charge is 0.335 e. The van der Waals surface area contributed by atoms with Gasteiger partial charge in [0.2, 0.25) is 0 Å². The number of methoxy groups -OCH3 is 3. The van der Waals surface area contributed by atoms with E-state index < -0.39 is 17.8 Å². The van der Waals surface area contributed by atoms with Crippen LogP contribution < -0.4 is 9.80 Å². The van der Waals surface area contributed by atoms with Gasteiger partial charge in [-0.05, 0) is 49.1 Å². The van der Waals surface area contributed by atoms with Gasteiger partial charge in [-0.2, -0.15) is 0 Å². The molecule has 1 fully saturated rings. The van der Waals surface area contributed by atoms with Gasteiger partial charge in [0.15, 0.2) is 0 Å². The molecule has 0 bridgehead atoms. The highest BCUT2D eigenvalue weighted by Crippen LogP contribution is 2.50. The first-order chi connectivity index (χ1) is 44.2. The summed E-state index contributed by atoms with van der Waals surface area (Å²) in [6, 6.07) is 17.2. The van der Waals surface area contributed by atoms with Crippen LogP contribution in [0.4, 0.5) is 11.4 Å². The van der Waals surface area contributed by atoms with E-state index in [1.165, 1.54) is 16.8 Å². The Kier molecular flexibility index (Phi) is 39.5. The van der Waals surface area contributed by atoms with Crippen molar-refractivity contribution in [1.29, 1.82) is 0 Å². The molecule has 0 saturated carbocycles. The number of para-hydroxylation sites is 2. The quantitative estimate of drug-likeness (QED) is 0.0398. The molecule has 0 aliphatic carbocycles. The molecule has 2 amide bonds. The van der Waals surface area contributed by atoms with Gasteiger partial charge in [0.05, 0.1) is 191 Å². The summed E-state index contributed by atoms with van der Waals surface area (Å²) in [5, 5.41) is 0.529. The number of imide groups is 1. The number of carbonyl (C=O) groups excluding carboxylic acids is 3. The third-order valence-corrected chi connectivity index (χ3v) is 15.2. The Labute approximate surface area is 533 Å². The first-order valence-electron chi connectivity index (χ1n) is 31.7. The Morgan fingerprint density at radius 1 is 0.444 bits per heavy atom. The predicted octanol–water partition coefficient (Wildman–Crippen LogP) is 6.40. The maximum Gasteiger partial charge on any atom is 0.335 e. The molecule has 5 rings (SSSR count). The molecule has 3 heterocycles. The van der Waals surface area contributed by atoms with Gasteiger partial charge in [0, 0.05) is 88.4 Å². The molecule has 0 radical (unpaired) electrons. The number of ether oxygens (including phenoxy) is 16. The van der Waals surface area contributed by atoms with Gasteiger partial charge in [-0.1, -0.05) is 79.8 Å². The highest BCUT2D eigenvalue weighted by molar-refractivity contribution is 6.01. The molecule has 3 atom stereocenters. The van der Waals surface area contributed by atoms with Crippen molar-refractivity contribution >= 4 is 29.2 Å². The summed E-state index contributed by atoms with van der Waals surface area (Å²) in [4.78, 5) is 44.9. The van der Waals surface area contributed by atoms with Crippen LogP contribution in [0.25, 0.3) is 0 Å². The molecule has 3 unspecified atom stereocenters. The van der Waals surface area contributed by atoms with E-state index in [9.17, 15) is 14.4 Å².